The van der Waals surface area contributed by atoms with E-state index in [1.165, 1.54) is 5.56 Å². The molecule has 0 aliphatic heterocycles. The Hall–Kier alpha value is -2.79. The first-order valence-corrected chi connectivity index (χ1v) is 10.0. The zero-order chi connectivity index (χ0) is 20.9. The van der Waals surface area contributed by atoms with Crippen LogP contribution in [-0.2, 0) is 11.2 Å². The van der Waals surface area contributed by atoms with Gasteiger partial charge in [-0.2, -0.15) is 0 Å². The first-order valence-electron chi connectivity index (χ1n) is 10.0. The van der Waals surface area contributed by atoms with Crippen LogP contribution in [0, 0.1) is 0 Å². The van der Waals surface area contributed by atoms with Crippen LogP contribution < -0.4 is 14.8 Å². The molecule has 0 fully saturated rings. The van der Waals surface area contributed by atoms with Gasteiger partial charge < -0.3 is 19.7 Å². The van der Waals surface area contributed by atoms with Crippen LogP contribution >= 0.6 is 0 Å². The number of unbranched alkanes of at least 4 members (excludes halogenated alkanes) is 1. The molecule has 1 N–H and O–H groups in total. The van der Waals surface area contributed by atoms with Gasteiger partial charge in [0.2, 0.25) is 5.91 Å². The van der Waals surface area contributed by atoms with Crippen LogP contribution in [-0.4, -0.2) is 51.7 Å². The Kier molecular flexibility index (Phi) is 9.80. The van der Waals surface area contributed by atoms with Gasteiger partial charge in [0, 0.05) is 25.2 Å². The molecule has 0 aliphatic carbocycles. The van der Waals surface area contributed by atoms with Crippen LogP contribution in [0.4, 0.5) is 0 Å². The zero-order valence-corrected chi connectivity index (χ0v) is 17.7. The first-order chi connectivity index (χ1) is 14.1. The number of carbonyl (C=O) groups is 1. The minimum Gasteiger partial charge on any atom is -0.497 e. The van der Waals surface area contributed by atoms with E-state index in [0.717, 1.165) is 49.4 Å². The molecule has 0 saturated carbocycles. The van der Waals surface area contributed by atoms with Gasteiger partial charge >= 0.3 is 0 Å². The van der Waals surface area contributed by atoms with Gasteiger partial charge in [0.1, 0.15) is 11.5 Å². The third-order valence-electron chi connectivity index (χ3n) is 4.69. The predicted octanol–water partition coefficient (Wildman–Crippen LogP) is 3.79. The summed E-state index contributed by atoms with van der Waals surface area (Å²) < 4.78 is 10.6. The molecule has 0 aromatic heterocycles. The number of ether oxygens (including phenoxy) is 2. The number of hydrogen-bond acceptors (Lipinski definition) is 4. The summed E-state index contributed by atoms with van der Waals surface area (Å²) in [7, 11) is 5.46. The largest absolute Gasteiger partial charge is 0.497 e. The van der Waals surface area contributed by atoms with Crippen LogP contribution in [0.15, 0.2) is 54.6 Å². The molecule has 29 heavy (non-hydrogen) atoms. The average Bonchev–Trinajstić information content (AvgIpc) is 2.76. The summed E-state index contributed by atoms with van der Waals surface area (Å²) in [4.78, 5) is 14.2. The van der Waals surface area contributed by atoms with Gasteiger partial charge in [-0.25, -0.2) is 0 Å². The second-order valence-corrected chi connectivity index (χ2v) is 7.02. The molecule has 0 bridgehead atoms. The molecular weight excluding hydrogens is 364 g/mol. The second-order valence-electron chi connectivity index (χ2n) is 7.02. The normalized spacial score (nSPS) is 11.0. The summed E-state index contributed by atoms with van der Waals surface area (Å²) in [6.45, 7) is 2.65. The van der Waals surface area contributed by atoms with Crippen molar-refractivity contribution in [3.63, 3.8) is 0 Å². The first kappa shape index (κ1) is 22.5. The molecule has 0 saturated heterocycles. The number of likely N-dealkylation sites (N-methyl/N-ethyl adjacent to an activating group) is 1. The van der Waals surface area contributed by atoms with Crippen molar-refractivity contribution in [1.82, 2.24) is 10.2 Å². The highest BCUT2D eigenvalue weighted by molar-refractivity contribution is 5.91. The molecule has 0 atom stereocenters. The van der Waals surface area contributed by atoms with Crippen LogP contribution in [0.5, 0.6) is 11.5 Å². The molecule has 0 heterocycles. The lowest BCUT2D eigenvalue weighted by atomic mass is 10.1. The number of carbonyl (C=O) groups excluding carboxylic acids is 1. The van der Waals surface area contributed by atoms with E-state index in [2.05, 4.69) is 29.4 Å². The summed E-state index contributed by atoms with van der Waals surface area (Å²) in [6, 6.07) is 15.8. The van der Waals surface area contributed by atoms with Crippen LogP contribution in [0.25, 0.3) is 6.08 Å². The molecule has 5 nitrogen and oxygen atoms in total. The smallest absolute Gasteiger partial charge is 0.243 e. The van der Waals surface area contributed by atoms with E-state index in [1.54, 1.807) is 20.3 Å². The Labute approximate surface area is 174 Å². The van der Waals surface area contributed by atoms with Crippen LogP contribution in [0.3, 0.4) is 0 Å². The lowest BCUT2D eigenvalue weighted by Crippen LogP contribution is -2.25. The van der Waals surface area contributed by atoms with Crippen molar-refractivity contribution in [3.8, 4) is 11.5 Å². The van der Waals surface area contributed by atoms with E-state index in [0.29, 0.717) is 6.54 Å². The Morgan fingerprint density at radius 1 is 1.00 bits per heavy atom. The quantitative estimate of drug-likeness (QED) is 0.438. The maximum absolute atomic E-state index is 11.8. The van der Waals surface area contributed by atoms with Gasteiger partial charge in [-0.3, -0.25) is 4.79 Å². The van der Waals surface area contributed by atoms with Crippen molar-refractivity contribution >= 4 is 12.0 Å². The van der Waals surface area contributed by atoms with Crippen molar-refractivity contribution in [2.45, 2.75) is 19.3 Å². The molecule has 156 valence electrons. The van der Waals surface area contributed by atoms with E-state index in [1.807, 2.05) is 42.5 Å². The fourth-order valence-corrected chi connectivity index (χ4v) is 2.96. The summed E-state index contributed by atoms with van der Waals surface area (Å²) in [5, 5.41) is 2.94. The molecule has 0 spiro atoms. The van der Waals surface area contributed by atoms with Gasteiger partial charge in [-0.15, -0.1) is 0 Å². The molecule has 0 aliphatic rings. The monoisotopic (exact) mass is 396 g/mol. The zero-order valence-electron chi connectivity index (χ0n) is 17.7. The van der Waals surface area contributed by atoms with Crippen molar-refractivity contribution in [2.75, 3.05) is 40.9 Å². The summed E-state index contributed by atoms with van der Waals surface area (Å²) >= 11 is 0. The number of methoxy groups -OCH3 is 2. The molecule has 2 rings (SSSR count). The molecule has 0 radical (unpaired) electrons. The van der Waals surface area contributed by atoms with Crippen LogP contribution in [0.1, 0.15) is 24.0 Å². The lowest BCUT2D eigenvalue weighted by molar-refractivity contribution is -0.116. The number of nitrogens with zero attached hydrogens (tertiary/aromatic N) is 1. The van der Waals surface area contributed by atoms with E-state index in [9.17, 15) is 4.79 Å². The lowest BCUT2D eigenvalue weighted by Gasteiger charge is -2.17. The van der Waals surface area contributed by atoms with Gasteiger partial charge in [0.05, 0.1) is 14.2 Å². The summed E-state index contributed by atoms with van der Waals surface area (Å²) in [6.07, 6.45) is 6.36. The Morgan fingerprint density at radius 3 is 2.34 bits per heavy atom. The molecular formula is C24H32N2O3. The maximum Gasteiger partial charge on any atom is 0.243 e. The Morgan fingerprint density at radius 2 is 1.69 bits per heavy atom. The highest BCUT2D eigenvalue weighted by Gasteiger charge is 2.04. The standard InChI is InChI=1S/C24H32N2O3/c1-26(16-13-21-17-22(28-2)19-23(18-21)29-3)15-8-7-14-25-24(27)12-11-20-9-5-4-6-10-20/h4-6,9-12,17-19H,7-8,13-16H2,1-3H3,(H,25,27)/b12-11+. The van der Waals surface area contributed by atoms with Gasteiger partial charge in [-0.1, -0.05) is 30.3 Å². The highest BCUT2D eigenvalue weighted by atomic mass is 16.5. The Bertz CT molecular complexity index is 753. The summed E-state index contributed by atoms with van der Waals surface area (Å²) in [5.41, 5.74) is 2.23. The van der Waals surface area contributed by atoms with Crippen molar-refractivity contribution in [3.05, 3.63) is 65.7 Å². The highest BCUT2D eigenvalue weighted by Crippen LogP contribution is 2.22. The number of amides is 1. The third-order valence-corrected chi connectivity index (χ3v) is 4.69. The third kappa shape index (κ3) is 8.83. The molecule has 1 amide bonds. The fraction of sp³-hybridized carbons (Fsp3) is 0.375. The molecule has 2 aromatic rings. The Balaban J connectivity index is 1.60. The SMILES string of the molecule is COc1cc(CCN(C)CCCCNC(=O)/C=C/c2ccccc2)cc(OC)c1. The second kappa shape index (κ2) is 12.6. The summed E-state index contributed by atoms with van der Waals surface area (Å²) in [5.74, 6) is 1.59. The average molecular weight is 397 g/mol. The molecule has 0 unspecified atom stereocenters. The van der Waals surface area contributed by atoms with E-state index in [-0.39, 0.29) is 5.91 Å². The topological polar surface area (TPSA) is 50.8 Å². The minimum absolute atomic E-state index is 0.0471. The number of rotatable bonds is 12. The van der Waals surface area contributed by atoms with Crippen molar-refractivity contribution in [2.24, 2.45) is 0 Å². The van der Waals surface area contributed by atoms with Crippen LogP contribution in [0.2, 0.25) is 0 Å². The van der Waals surface area contributed by atoms with Gasteiger partial charge in [-0.05, 0) is 62.2 Å². The van der Waals surface area contributed by atoms with Crippen molar-refractivity contribution in [1.29, 1.82) is 0 Å². The predicted molar refractivity (Wildman–Crippen MR) is 118 cm³/mol. The van der Waals surface area contributed by atoms with Gasteiger partial charge in [0.15, 0.2) is 0 Å². The number of hydrogen-bond donors (Lipinski definition) is 1. The van der Waals surface area contributed by atoms with E-state index < -0.39 is 0 Å². The number of nitrogens with one attached hydrogen (secondary N) is 1. The molecule has 5 heteroatoms. The van der Waals surface area contributed by atoms with E-state index in [4.69, 9.17) is 9.47 Å². The molecule has 2 aromatic carbocycles. The van der Waals surface area contributed by atoms with E-state index >= 15 is 0 Å². The van der Waals surface area contributed by atoms with Crippen molar-refractivity contribution < 1.29 is 14.3 Å². The minimum atomic E-state index is -0.0471. The fourth-order valence-electron chi connectivity index (χ4n) is 2.96. The van der Waals surface area contributed by atoms with Gasteiger partial charge in [0.25, 0.3) is 0 Å². The maximum atomic E-state index is 11.8. The number of benzene rings is 2.